The third kappa shape index (κ3) is 3.96. The van der Waals surface area contributed by atoms with Crippen LogP contribution in [0, 0.1) is 0 Å². The van der Waals surface area contributed by atoms with Gasteiger partial charge in [-0.1, -0.05) is 38.1 Å². The van der Waals surface area contributed by atoms with E-state index in [4.69, 9.17) is 0 Å². The van der Waals surface area contributed by atoms with E-state index in [0.717, 1.165) is 17.6 Å². The van der Waals surface area contributed by atoms with Crippen LogP contribution in [0.15, 0.2) is 41.3 Å². The fourth-order valence-corrected chi connectivity index (χ4v) is 2.61. The topological polar surface area (TPSA) is 46.2 Å². The Morgan fingerprint density at radius 3 is 2.33 bits per heavy atom. The predicted molar refractivity (Wildman–Crippen MR) is 75.2 cm³/mol. The van der Waals surface area contributed by atoms with E-state index in [2.05, 4.69) is 25.1 Å². The largest absolute Gasteiger partial charge is 0.240 e. The van der Waals surface area contributed by atoms with Crippen LogP contribution in [0.5, 0.6) is 0 Å². The van der Waals surface area contributed by atoms with Gasteiger partial charge in [0.25, 0.3) is 0 Å². The van der Waals surface area contributed by atoms with Crippen molar-refractivity contribution >= 4 is 10.0 Å². The molecule has 1 N–H and O–H groups in total. The van der Waals surface area contributed by atoms with Gasteiger partial charge in [0.2, 0.25) is 10.0 Å². The molecule has 18 heavy (non-hydrogen) atoms. The van der Waals surface area contributed by atoms with Gasteiger partial charge < -0.3 is 0 Å². The van der Waals surface area contributed by atoms with E-state index in [-0.39, 0.29) is 6.54 Å². The lowest BCUT2D eigenvalue weighted by atomic mass is 9.99. The summed E-state index contributed by atoms with van der Waals surface area (Å²) in [5, 5.41) is 0. The van der Waals surface area contributed by atoms with Crippen molar-refractivity contribution in [2.45, 2.75) is 38.0 Å². The summed E-state index contributed by atoms with van der Waals surface area (Å²) >= 11 is 0. The van der Waals surface area contributed by atoms with Gasteiger partial charge in [0.15, 0.2) is 0 Å². The monoisotopic (exact) mass is 267 g/mol. The molecule has 1 atom stereocenters. The van der Waals surface area contributed by atoms with Crippen molar-refractivity contribution in [1.82, 2.24) is 4.72 Å². The summed E-state index contributed by atoms with van der Waals surface area (Å²) in [7, 11) is -3.42. The maximum absolute atomic E-state index is 11.9. The minimum Gasteiger partial charge on any atom is -0.207 e. The van der Waals surface area contributed by atoms with Crippen LogP contribution in [0.3, 0.4) is 0 Å². The number of hydrogen-bond donors (Lipinski definition) is 1. The first kappa shape index (κ1) is 14.9. The average molecular weight is 267 g/mol. The Hall–Kier alpha value is -1.13. The second-order valence-electron chi connectivity index (χ2n) is 4.66. The molecule has 1 unspecified atom stereocenters. The average Bonchev–Trinajstić information content (AvgIpc) is 2.36. The van der Waals surface area contributed by atoms with Crippen LogP contribution in [0.1, 0.15) is 38.7 Å². The molecular weight excluding hydrogens is 246 g/mol. The molecule has 0 aliphatic heterocycles. The molecule has 100 valence electrons. The molecule has 4 heteroatoms. The van der Waals surface area contributed by atoms with Gasteiger partial charge in [-0.05, 0) is 37.0 Å². The van der Waals surface area contributed by atoms with E-state index in [1.54, 1.807) is 19.1 Å². The Balaban J connectivity index is 2.87. The normalized spacial score (nSPS) is 13.3. The second kappa shape index (κ2) is 6.16. The van der Waals surface area contributed by atoms with Crippen LogP contribution in [-0.2, 0) is 10.0 Å². The lowest BCUT2D eigenvalue weighted by Crippen LogP contribution is -2.25. The predicted octanol–water partition coefficient (Wildman–Crippen LogP) is 3.05. The van der Waals surface area contributed by atoms with Gasteiger partial charge in [-0.15, -0.1) is 0 Å². The Kier molecular flexibility index (Phi) is 5.11. The van der Waals surface area contributed by atoms with Crippen LogP contribution in [0.25, 0.3) is 0 Å². The third-order valence-corrected chi connectivity index (χ3v) is 4.35. The molecule has 0 spiro atoms. The van der Waals surface area contributed by atoms with E-state index in [0.29, 0.717) is 10.8 Å². The van der Waals surface area contributed by atoms with Crippen LogP contribution >= 0.6 is 0 Å². The molecule has 0 bridgehead atoms. The second-order valence-corrected chi connectivity index (χ2v) is 6.43. The lowest BCUT2D eigenvalue weighted by Gasteiger charge is -2.10. The molecule has 0 aliphatic carbocycles. The highest BCUT2D eigenvalue weighted by atomic mass is 32.2. The Bertz CT molecular complexity index is 503. The van der Waals surface area contributed by atoms with E-state index < -0.39 is 10.0 Å². The highest BCUT2D eigenvalue weighted by Crippen LogP contribution is 2.20. The zero-order valence-corrected chi connectivity index (χ0v) is 12.0. The minimum atomic E-state index is -3.42. The van der Waals surface area contributed by atoms with Gasteiger partial charge in [0, 0.05) is 6.54 Å². The number of benzene rings is 1. The summed E-state index contributed by atoms with van der Waals surface area (Å²) in [5.74, 6) is 0.449. The Morgan fingerprint density at radius 1 is 1.33 bits per heavy atom. The highest BCUT2D eigenvalue weighted by molar-refractivity contribution is 7.89. The summed E-state index contributed by atoms with van der Waals surface area (Å²) < 4.78 is 26.4. The zero-order chi connectivity index (χ0) is 13.8. The van der Waals surface area contributed by atoms with Crippen LogP contribution < -0.4 is 4.72 Å². The van der Waals surface area contributed by atoms with Crippen molar-refractivity contribution in [3.8, 4) is 0 Å². The molecule has 0 saturated carbocycles. The smallest absolute Gasteiger partial charge is 0.207 e. The molecule has 3 nitrogen and oxygen atoms in total. The molecule has 1 aromatic rings. The lowest BCUT2D eigenvalue weighted by molar-refractivity contribution is 0.584. The van der Waals surface area contributed by atoms with E-state index >= 15 is 0 Å². The van der Waals surface area contributed by atoms with Crippen LogP contribution in [0.4, 0.5) is 0 Å². The van der Waals surface area contributed by atoms with Crippen molar-refractivity contribution in [3.05, 3.63) is 42.0 Å². The number of hydrogen-bond acceptors (Lipinski definition) is 2. The molecule has 0 aliphatic rings. The number of rotatable bonds is 6. The van der Waals surface area contributed by atoms with E-state index in [1.165, 1.54) is 0 Å². The molecule has 0 amide bonds. The molecule has 0 saturated heterocycles. The molecule has 0 heterocycles. The summed E-state index contributed by atoms with van der Waals surface area (Å²) in [5.41, 5.74) is 1.95. The summed E-state index contributed by atoms with van der Waals surface area (Å²) in [6, 6.07) is 7.07. The first-order valence-electron chi connectivity index (χ1n) is 6.10. The third-order valence-electron chi connectivity index (χ3n) is 2.94. The van der Waals surface area contributed by atoms with Gasteiger partial charge >= 0.3 is 0 Å². The molecule has 1 aromatic carbocycles. The summed E-state index contributed by atoms with van der Waals surface area (Å²) in [4.78, 5) is 0.302. The van der Waals surface area contributed by atoms with Crippen molar-refractivity contribution < 1.29 is 8.42 Å². The van der Waals surface area contributed by atoms with Crippen molar-refractivity contribution in [2.75, 3.05) is 6.54 Å². The van der Waals surface area contributed by atoms with Crippen LogP contribution in [-0.4, -0.2) is 15.0 Å². The summed E-state index contributed by atoms with van der Waals surface area (Å²) in [6.45, 7) is 9.98. The van der Waals surface area contributed by atoms with Gasteiger partial charge in [-0.3, -0.25) is 0 Å². The highest BCUT2D eigenvalue weighted by Gasteiger charge is 2.13. The van der Waals surface area contributed by atoms with Crippen molar-refractivity contribution in [3.63, 3.8) is 0 Å². The van der Waals surface area contributed by atoms with Gasteiger partial charge in [-0.2, -0.15) is 0 Å². The zero-order valence-electron chi connectivity index (χ0n) is 11.2. The fraction of sp³-hybridized carbons (Fsp3) is 0.429. The first-order valence-corrected chi connectivity index (χ1v) is 7.59. The molecule has 0 fully saturated rings. The standard InChI is InChI=1S/C14H21NO2S/c1-5-12(4)13-6-8-14(9-7-13)18(16,17)15-10-11(2)3/h6-9,12,15H,2,5,10H2,1,3-4H3. The first-order chi connectivity index (χ1) is 8.36. The van der Waals surface area contributed by atoms with Crippen molar-refractivity contribution in [2.24, 2.45) is 0 Å². The quantitative estimate of drug-likeness (QED) is 0.805. The number of sulfonamides is 1. The van der Waals surface area contributed by atoms with E-state index in [1.807, 2.05) is 12.1 Å². The summed E-state index contributed by atoms with van der Waals surface area (Å²) in [6.07, 6.45) is 1.04. The van der Waals surface area contributed by atoms with E-state index in [9.17, 15) is 8.42 Å². The molecule has 0 radical (unpaired) electrons. The van der Waals surface area contributed by atoms with Gasteiger partial charge in [-0.25, -0.2) is 13.1 Å². The minimum absolute atomic E-state index is 0.273. The fourth-order valence-electron chi connectivity index (χ4n) is 1.51. The van der Waals surface area contributed by atoms with Gasteiger partial charge in [0.05, 0.1) is 4.90 Å². The molecule has 0 aromatic heterocycles. The van der Waals surface area contributed by atoms with Gasteiger partial charge in [0.1, 0.15) is 0 Å². The molecule has 1 rings (SSSR count). The Labute approximate surface area is 110 Å². The maximum atomic E-state index is 11.9. The van der Waals surface area contributed by atoms with Crippen molar-refractivity contribution in [1.29, 1.82) is 0 Å². The molecular formula is C14H21NO2S. The SMILES string of the molecule is C=C(C)CNS(=O)(=O)c1ccc(C(C)CC)cc1. The van der Waals surface area contributed by atoms with Crippen LogP contribution in [0.2, 0.25) is 0 Å². The maximum Gasteiger partial charge on any atom is 0.240 e. The Morgan fingerprint density at radius 2 is 1.89 bits per heavy atom. The number of nitrogens with one attached hydrogen (secondary N) is 1.